The van der Waals surface area contributed by atoms with Crippen molar-refractivity contribution in [2.75, 3.05) is 18.5 Å². The Labute approximate surface area is 215 Å². The molecule has 0 radical (unpaired) electrons. The molecule has 0 saturated carbocycles. The highest BCUT2D eigenvalue weighted by Gasteiger charge is 2.31. The lowest BCUT2D eigenvalue weighted by atomic mass is 9.13. The summed E-state index contributed by atoms with van der Waals surface area (Å²) in [6.07, 6.45) is 7.66. The van der Waals surface area contributed by atoms with Crippen molar-refractivity contribution in [2.24, 2.45) is 0 Å². The van der Waals surface area contributed by atoms with Crippen molar-refractivity contribution in [2.45, 2.75) is 40.0 Å². The van der Waals surface area contributed by atoms with Crippen LogP contribution < -0.4 is 21.9 Å². The van der Waals surface area contributed by atoms with Crippen molar-refractivity contribution in [1.29, 1.82) is 0 Å². The van der Waals surface area contributed by atoms with Crippen LogP contribution in [0, 0.1) is 0 Å². The van der Waals surface area contributed by atoms with Gasteiger partial charge in [-0.15, -0.1) is 0 Å². The molecule has 35 heavy (non-hydrogen) atoms. The first-order valence-electron chi connectivity index (χ1n) is 13.5. The van der Waals surface area contributed by atoms with E-state index in [4.69, 9.17) is 0 Å². The van der Waals surface area contributed by atoms with Gasteiger partial charge in [0.1, 0.15) is 6.15 Å². The fraction of sp³-hybridized carbons (Fsp3) is 0.273. The van der Waals surface area contributed by atoms with Gasteiger partial charge < -0.3 is 0 Å². The summed E-state index contributed by atoms with van der Waals surface area (Å²) >= 11 is 0. The summed E-state index contributed by atoms with van der Waals surface area (Å²) in [4.78, 5) is 0. The molecular weight excluding hydrogens is 438 g/mol. The predicted molar refractivity (Wildman–Crippen MR) is 164 cm³/mol. The van der Waals surface area contributed by atoms with Gasteiger partial charge in [0.05, 0.1) is 18.5 Å². The van der Waals surface area contributed by atoms with Gasteiger partial charge in [-0.05, 0) is 19.3 Å². The average Bonchev–Trinajstić information content (AvgIpc) is 2.93. The largest absolute Gasteiger partial charge is 0.195 e. The lowest BCUT2D eigenvalue weighted by Gasteiger charge is -2.44. The fourth-order valence-electron chi connectivity index (χ4n) is 5.56. The first kappa shape index (κ1) is 27.0. The molecule has 0 spiro atoms. The van der Waals surface area contributed by atoms with Crippen LogP contribution in [-0.4, -0.2) is 24.6 Å². The minimum Gasteiger partial charge on any atom is -0.195 e. The van der Waals surface area contributed by atoms with Crippen molar-refractivity contribution in [3.8, 4) is 0 Å². The first-order chi connectivity index (χ1) is 17.3. The third-order valence-corrected chi connectivity index (χ3v) is 10.6. The highest BCUT2D eigenvalue weighted by atomic mass is 31.1. The molecule has 0 bridgehead atoms. The zero-order chi connectivity index (χ0) is 24.8. The molecule has 0 aromatic heterocycles. The summed E-state index contributed by atoms with van der Waals surface area (Å²) in [6.45, 7) is 6.95. The second-order valence-corrected chi connectivity index (χ2v) is 12.5. The Morgan fingerprint density at radius 2 is 0.629 bits per heavy atom. The van der Waals surface area contributed by atoms with E-state index in [1.54, 1.807) is 18.5 Å². The first-order valence-corrected chi connectivity index (χ1v) is 15.6. The van der Waals surface area contributed by atoms with Crippen LogP contribution in [-0.2, 0) is 0 Å². The second-order valence-electron chi connectivity index (χ2n) is 9.51. The molecule has 0 aliphatic carbocycles. The monoisotopic (exact) mass is 480 g/mol. The summed E-state index contributed by atoms with van der Waals surface area (Å²) in [5.41, 5.74) is 5.36. The molecule has 0 nitrogen and oxygen atoms in total. The number of hydrogen-bond donors (Lipinski definition) is 0. The number of rotatable bonds is 10. The summed E-state index contributed by atoms with van der Waals surface area (Å²) in [7, 11) is 0.103. The van der Waals surface area contributed by atoms with E-state index in [-0.39, 0.29) is 7.92 Å². The van der Waals surface area contributed by atoms with Gasteiger partial charge in [0.2, 0.25) is 0 Å². The predicted octanol–water partition coefficient (Wildman–Crippen LogP) is 6.49. The minimum absolute atomic E-state index is 0.103. The van der Waals surface area contributed by atoms with E-state index < -0.39 is 6.15 Å². The Morgan fingerprint density at radius 1 is 0.400 bits per heavy atom. The van der Waals surface area contributed by atoms with Gasteiger partial charge in [-0.3, -0.25) is 0 Å². The van der Waals surface area contributed by atoms with E-state index in [1.165, 1.54) is 41.1 Å². The third-order valence-electron chi connectivity index (χ3n) is 7.01. The lowest BCUT2D eigenvalue weighted by molar-refractivity contribution is 1.02. The van der Waals surface area contributed by atoms with Crippen molar-refractivity contribution in [3.63, 3.8) is 0 Å². The Hall–Kier alpha value is -2.63. The molecule has 4 aromatic carbocycles. The van der Waals surface area contributed by atoms with E-state index in [9.17, 15) is 0 Å². The van der Waals surface area contributed by atoms with Crippen LogP contribution in [0.2, 0.25) is 0 Å². The van der Waals surface area contributed by atoms with E-state index in [1.807, 2.05) is 0 Å². The normalized spacial score (nSPS) is 11.1. The van der Waals surface area contributed by atoms with E-state index in [0.29, 0.717) is 0 Å². The molecule has 4 aromatic rings. The Morgan fingerprint density at radius 3 is 0.829 bits per heavy atom. The van der Waals surface area contributed by atoms with Crippen LogP contribution >= 0.6 is 7.92 Å². The van der Waals surface area contributed by atoms with Crippen LogP contribution in [0.5, 0.6) is 0 Å². The quantitative estimate of drug-likeness (QED) is 0.180. The van der Waals surface area contributed by atoms with Crippen molar-refractivity contribution in [1.82, 2.24) is 0 Å². The summed E-state index contributed by atoms with van der Waals surface area (Å²) in [5, 5.41) is 0. The van der Waals surface area contributed by atoms with Gasteiger partial charge in [0.25, 0.3) is 0 Å². The standard InChI is InChI=1S/C24H20B.C9H21P/c1-5-13-21(14-6-1)25(22-15-7-2-8-16-22,23-17-9-3-10-18-23)24-19-11-4-12-20-24;1-4-7-10(8-5-2)9-6-3/h1-20H;4-9H2,1-3H3/q-1;/p+1. The maximum atomic E-state index is 2.32. The molecule has 0 N–H and O–H groups in total. The van der Waals surface area contributed by atoms with E-state index in [2.05, 4.69) is 142 Å². The zero-order valence-corrected chi connectivity index (χ0v) is 22.9. The molecule has 2 heteroatoms. The summed E-state index contributed by atoms with van der Waals surface area (Å²) < 4.78 is 0. The smallest absolute Gasteiger partial charge is 0.108 e. The third kappa shape index (κ3) is 6.96. The summed E-state index contributed by atoms with van der Waals surface area (Å²) in [6, 6.07) is 43.5. The SMILES string of the molecule is CCC[PH+](CCC)CCC.c1ccc([B-](c2ccccc2)(c2ccccc2)c2ccccc2)cc1. The van der Waals surface area contributed by atoms with Gasteiger partial charge in [0.15, 0.2) is 0 Å². The molecule has 4 rings (SSSR count). The molecule has 0 fully saturated rings. The van der Waals surface area contributed by atoms with Gasteiger partial charge in [-0.2, -0.15) is 21.9 Å². The Balaban J connectivity index is 0.000000292. The van der Waals surface area contributed by atoms with Crippen LogP contribution in [0.1, 0.15) is 40.0 Å². The second kappa shape index (κ2) is 14.7. The maximum Gasteiger partial charge on any atom is 0.108 e. The molecule has 0 heterocycles. The fourth-order valence-corrected chi connectivity index (χ4v) is 8.43. The van der Waals surface area contributed by atoms with E-state index >= 15 is 0 Å². The van der Waals surface area contributed by atoms with Crippen LogP contribution in [0.4, 0.5) is 0 Å². The molecular formula is C33H42BP. The lowest BCUT2D eigenvalue weighted by Crippen LogP contribution is -2.74. The molecule has 0 amide bonds. The molecule has 0 saturated heterocycles. The molecule has 0 aliphatic rings. The van der Waals surface area contributed by atoms with Gasteiger partial charge >= 0.3 is 0 Å². The average molecular weight is 480 g/mol. The number of benzene rings is 4. The zero-order valence-electron chi connectivity index (χ0n) is 21.9. The highest BCUT2D eigenvalue weighted by Crippen LogP contribution is 2.37. The van der Waals surface area contributed by atoms with Gasteiger partial charge in [-0.1, -0.05) is 142 Å². The van der Waals surface area contributed by atoms with Gasteiger partial charge in [-0.25, -0.2) is 0 Å². The van der Waals surface area contributed by atoms with Crippen LogP contribution in [0.3, 0.4) is 0 Å². The molecule has 182 valence electrons. The molecule has 0 aliphatic heterocycles. The van der Waals surface area contributed by atoms with Crippen LogP contribution in [0.15, 0.2) is 121 Å². The van der Waals surface area contributed by atoms with E-state index in [0.717, 1.165) is 0 Å². The highest BCUT2D eigenvalue weighted by molar-refractivity contribution is 7.57. The Bertz CT molecular complexity index is 887. The van der Waals surface area contributed by atoms with Crippen molar-refractivity contribution < 1.29 is 0 Å². The Kier molecular flexibility index (Phi) is 11.3. The van der Waals surface area contributed by atoms with Crippen LogP contribution in [0.25, 0.3) is 0 Å². The molecule has 0 unspecified atom stereocenters. The maximum absolute atomic E-state index is 2.32. The van der Waals surface area contributed by atoms with Crippen molar-refractivity contribution >= 4 is 35.9 Å². The number of hydrogen-bond acceptors (Lipinski definition) is 0. The molecule has 0 atom stereocenters. The van der Waals surface area contributed by atoms with Crippen molar-refractivity contribution in [3.05, 3.63) is 121 Å². The minimum atomic E-state index is -1.22. The topological polar surface area (TPSA) is 0 Å². The van der Waals surface area contributed by atoms with Gasteiger partial charge in [0, 0.05) is 7.92 Å². The summed E-state index contributed by atoms with van der Waals surface area (Å²) in [5.74, 6) is 0.